The summed E-state index contributed by atoms with van der Waals surface area (Å²) in [7, 11) is 0. The van der Waals surface area contributed by atoms with Gasteiger partial charge in [-0.2, -0.15) is 0 Å². The highest BCUT2D eigenvalue weighted by Gasteiger charge is 2.07. The molecule has 2 rings (SSSR count). The van der Waals surface area contributed by atoms with Crippen LogP contribution in [0, 0.1) is 5.92 Å². The number of nitrogens with two attached hydrogens (primary N) is 1. The number of hydrogen-bond donors (Lipinski definition) is 1. The summed E-state index contributed by atoms with van der Waals surface area (Å²) < 4.78 is 1.92. The second-order valence-corrected chi connectivity index (χ2v) is 4.32. The van der Waals surface area contributed by atoms with Crippen LogP contribution in [0.1, 0.15) is 13.8 Å². The largest absolute Gasteiger partial charge is 0.399 e. The maximum atomic E-state index is 5.77. The lowest BCUT2D eigenvalue weighted by Crippen LogP contribution is -2.07. The third-order valence-corrected chi connectivity index (χ3v) is 2.34. The number of anilines is 1. The molecule has 84 valence electrons. The lowest BCUT2D eigenvalue weighted by Gasteiger charge is -2.08. The summed E-state index contributed by atoms with van der Waals surface area (Å²) in [6.07, 6.45) is 1.77. The number of nitrogens with zero attached hydrogens (tertiary/aromatic N) is 3. The van der Waals surface area contributed by atoms with Gasteiger partial charge >= 0.3 is 0 Å². The van der Waals surface area contributed by atoms with Crippen molar-refractivity contribution in [2.75, 3.05) is 5.73 Å². The first-order valence-corrected chi connectivity index (χ1v) is 5.41. The maximum absolute atomic E-state index is 5.77. The number of benzene rings is 1. The van der Waals surface area contributed by atoms with Gasteiger partial charge in [-0.3, -0.25) is 0 Å². The van der Waals surface area contributed by atoms with Crippen LogP contribution in [0.25, 0.3) is 11.3 Å². The molecule has 0 aliphatic heterocycles. The molecule has 4 nitrogen and oxygen atoms in total. The molecular formula is C12H16N4. The van der Waals surface area contributed by atoms with E-state index in [1.54, 1.807) is 6.20 Å². The van der Waals surface area contributed by atoms with Crippen molar-refractivity contribution in [3.63, 3.8) is 0 Å². The van der Waals surface area contributed by atoms with Crippen LogP contribution >= 0.6 is 0 Å². The van der Waals surface area contributed by atoms with Crippen molar-refractivity contribution >= 4 is 5.69 Å². The Labute approximate surface area is 95.1 Å². The molecule has 1 aromatic heterocycles. The Hall–Kier alpha value is -1.84. The van der Waals surface area contributed by atoms with Crippen molar-refractivity contribution in [3.05, 3.63) is 30.5 Å². The Morgan fingerprint density at radius 3 is 2.88 bits per heavy atom. The average molecular weight is 216 g/mol. The molecule has 0 radical (unpaired) electrons. The fourth-order valence-corrected chi connectivity index (χ4v) is 1.66. The summed E-state index contributed by atoms with van der Waals surface area (Å²) >= 11 is 0. The molecule has 2 N–H and O–H groups in total. The Kier molecular flexibility index (Phi) is 2.90. The van der Waals surface area contributed by atoms with E-state index in [9.17, 15) is 0 Å². The molecule has 0 aliphatic rings. The van der Waals surface area contributed by atoms with Crippen LogP contribution in [0.4, 0.5) is 5.69 Å². The first kappa shape index (κ1) is 10.7. The van der Waals surface area contributed by atoms with E-state index in [4.69, 9.17) is 5.73 Å². The lowest BCUT2D eigenvalue weighted by atomic mass is 10.1. The van der Waals surface area contributed by atoms with E-state index in [0.717, 1.165) is 23.5 Å². The summed E-state index contributed by atoms with van der Waals surface area (Å²) in [6, 6.07) is 7.78. The molecule has 0 fully saturated rings. The van der Waals surface area contributed by atoms with E-state index in [1.165, 1.54) is 0 Å². The van der Waals surface area contributed by atoms with Gasteiger partial charge in [-0.15, -0.1) is 5.10 Å². The second-order valence-electron chi connectivity index (χ2n) is 4.32. The Balaban J connectivity index is 2.37. The van der Waals surface area contributed by atoms with Crippen LogP contribution < -0.4 is 5.73 Å². The molecule has 4 heteroatoms. The molecule has 0 spiro atoms. The number of nitrogen functional groups attached to an aromatic ring is 1. The molecule has 0 saturated carbocycles. The minimum absolute atomic E-state index is 0.543. The zero-order valence-electron chi connectivity index (χ0n) is 9.59. The average Bonchev–Trinajstić information content (AvgIpc) is 2.65. The van der Waals surface area contributed by atoms with Gasteiger partial charge in [-0.1, -0.05) is 31.2 Å². The zero-order chi connectivity index (χ0) is 11.5. The van der Waals surface area contributed by atoms with Crippen molar-refractivity contribution in [2.24, 2.45) is 5.92 Å². The van der Waals surface area contributed by atoms with E-state index in [2.05, 4.69) is 24.2 Å². The van der Waals surface area contributed by atoms with Crippen LogP contribution in [0.15, 0.2) is 30.5 Å². The van der Waals surface area contributed by atoms with Crippen molar-refractivity contribution in [3.8, 4) is 11.3 Å². The Morgan fingerprint density at radius 1 is 1.38 bits per heavy atom. The van der Waals surface area contributed by atoms with E-state index in [0.29, 0.717) is 5.92 Å². The predicted molar refractivity (Wildman–Crippen MR) is 64.7 cm³/mol. The number of aromatic nitrogens is 3. The van der Waals surface area contributed by atoms with Crippen LogP contribution in [-0.4, -0.2) is 15.0 Å². The molecule has 2 aromatic rings. The molecule has 0 atom stereocenters. The smallest absolute Gasteiger partial charge is 0.0886 e. The molecule has 1 aromatic carbocycles. The molecule has 0 saturated heterocycles. The standard InChI is InChI=1S/C12H16N4/c1-9(2)8-16-12(7-14-15-16)10-4-3-5-11(13)6-10/h3-7,9H,8,13H2,1-2H3. The van der Waals surface area contributed by atoms with Crippen molar-refractivity contribution < 1.29 is 0 Å². The topological polar surface area (TPSA) is 56.7 Å². The van der Waals surface area contributed by atoms with Crippen LogP contribution in [0.5, 0.6) is 0 Å². The molecule has 16 heavy (non-hydrogen) atoms. The third kappa shape index (κ3) is 2.21. The normalized spacial score (nSPS) is 10.9. The van der Waals surface area contributed by atoms with Gasteiger partial charge in [0.1, 0.15) is 0 Å². The van der Waals surface area contributed by atoms with Gasteiger partial charge < -0.3 is 5.73 Å². The summed E-state index contributed by atoms with van der Waals surface area (Å²) in [5.41, 5.74) is 8.60. The fraction of sp³-hybridized carbons (Fsp3) is 0.333. The molecule has 0 amide bonds. The molecule has 0 aliphatic carbocycles. The molecule has 1 heterocycles. The highest BCUT2D eigenvalue weighted by atomic mass is 15.4. The minimum atomic E-state index is 0.543. The molecule has 0 unspecified atom stereocenters. The van der Waals surface area contributed by atoms with E-state index in [1.807, 2.05) is 28.9 Å². The van der Waals surface area contributed by atoms with Gasteiger partial charge in [0.25, 0.3) is 0 Å². The van der Waals surface area contributed by atoms with Gasteiger partial charge in [-0.05, 0) is 18.1 Å². The van der Waals surface area contributed by atoms with Gasteiger partial charge in [0, 0.05) is 17.8 Å². The Bertz CT molecular complexity index is 473. The van der Waals surface area contributed by atoms with Crippen LogP contribution in [0.3, 0.4) is 0 Å². The van der Waals surface area contributed by atoms with Crippen LogP contribution in [0.2, 0.25) is 0 Å². The lowest BCUT2D eigenvalue weighted by molar-refractivity contribution is 0.475. The van der Waals surface area contributed by atoms with Gasteiger partial charge in [-0.25, -0.2) is 4.68 Å². The molecular weight excluding hydrogens is 200 g/mol. The quantitative estimate of drug-likeness (QED) is 0.800. The fourth-order valence-electron chi connectivity index (χ4n) is 1.66. The van der Waals surface area contributed by atoms with E-state index >= 15 is 0 Å². The summed E-state index contributed by atoms with van der Waals surface area (Å²) in [6.45, 7) is 5.18. The monoisotopic (exact) mass is 216 g/mol. The predicted octanol–water partition coefficient (Wildman–Crippen LogP) is 2.18. The first-order chi connectivity index (χ1) is 7.66. The van der Waals surface area contributed by atoms with Gasteiger partial charge in [0.2, 0.25) is 0 Å². The summed E-state index contributed by atoms with van der Waals surface area (Å²) in [5.74, 6) is 0.543. The summed E-state index contributed by atoms with van der Waals surface area (Å²) in [4.78, 5) is 0. The highest BCUT2D eigenvalue weighted by molar-refractivity contribution is 5.63. The Morgan fingerprint density at radius 2 is 2.19 bits per heavy atom. The van der Waals surface area contributed by atoms with Crippen molar-refractivity contribution in [1.82, 2.24) is 15.0 Å². The van der Waals surface area contributed by atoms with Crippen LogP contribution in [-0.2, 0) is 6.54 Å². The van der Waals surface area contributed by atoms with Crippen molar-refractivity contribution in [2.45, 2.75) is 20.4 Å². The third-order valence-electron chi connectivity index (χ3n) is 2.34. The highest BCUT2D eigenvalue weighted by Crippen LogP contribution is 2.20. The van der Waals surface area contributed by atoms with E-state index < -0.39 is 0 Å². The van der Waals surface area contributed by atoms with Gasteiger partial charge in [0.05, 0.1) is 11.9 Å². The van der Waals surface area contributed by atoms with E-state index in [-0.39, 0.29) is 0 Å². The summed E-state index contributed by atoms with van der Waals surface area (Å²) in [5, 5.41) is 8.04. The number of hydrogen-bond acceptors (Lipinski definition) is 3. The second kappa shape index (κ2) is 4.35. The molecule has 0 bridgehead atoms. The number of rotatable bonds is 3. The SMILES string of the molecule is CC(C)Cn1nncc1-c1cccc(N)c1. The maximum Gasteiger partial charge on any atom is 0.0886 e. The van der Waals surface area contributed by atoms with Crippen molar-refractivity contribution in [1.29, 1.82) is 0 Å². The zero-order valence-corrected chi connectivity index (χ0v) is 9.59. The minimum Gasteiger partial charge on any atom is -0.399 e. The van der Waals surface area contributed by atoms with Gasteiger partial charge in [0.15, 0.2) is 0 Å². The first-order valence-electron chi connectivity index (χ1n) is 5.41.